The average Bonchev–Trinajstić information content (AvgIpc) is 3.39. The number of rotatable bonds is 3. The first-order valence-electron chi connectivity index (χ1n) is 11.2. The minimum absolute atomic E-state index is 0.0130. The molecule has 6 nitrogen and oxygen atoms in total. The van der Waals surface area contributed by atoms with E-state index in [1.54, 1.807) is 35.2 Å². The standard InChI is InChI=1S/C25H26FN3O3/c26-19-9-7-17(8-10-19)23-25(13-11-21(30)27-25)12-3-15-29(23)24(32)18-4-1-5-20(16-18)28-14-2-6-22(28)31/h1,4-5,7-10,16,23H,2-3,6,11-15H2,(H,27,30)/t23-,25+/m1/s1. The predicted molar refractivity (Wildman–Crippen MR) is 118 cm³/mol. The SMILES string of the molecule is O=C1CC[C@]2(CCCN(C(=O)c3cccc(N4CCCC4=O)c3)[C@@H]2c2ccc(F)cc2)N1. The summed E-state index contributed by atoms with van der Waals surface area (Å²) in [4.78, 5) is 41.7. The lowest BCUT2D eigenvalue weighted by Gasteiger charge is -2.48. The Balaban J connectivity index is 1.52. The van der Waals surface area contributed by atoms with Crippen molar-refractivity contribution in [2.45, 2.75) is 50.1 Å². The van der Waals surface area contributed by atoms with Gasteiger partial charge in [0.05, 0.1) is 11.6 Å². The Morgan fingerprint density at radius 1 is 1.00 bits per heavy atom. The third-order valence-electron chi connectivity index (χ3n) is 6.97. The van der Waals surface area contributed by atoms with Gasteiger partial charge < -0.3 is 15.1 Å². The minimum atomic E-state index is -0.550. The first-order chi connectivity index (χ1) is 15.5. The molecule has 0 aromatic heterocycles. The number of carbonyl (C=O) groups excluding carboxylic acids is 3. The number of nitrogens with one attached hydrogen (secondary N) is 1. The molecule has 7 heteroatoms. The molecular formula is C25H26FN3O3. The van der Waals surface area contributed by atoms with Crippen LogP contribution >= 0.6 is 0 Å². The molecule has 5 rings (SSSR count). The van der Waals surface area contributed by atoms with E-state index in [1.165, 1.54) is 12.1 Å². The highest BCUT2D eigenvalue weighted by molar-refractivity contribution is 5.99. The molecule has 0 unspecified atom stereocenters. The maximum atomic E-state index is 13.8. The molecule has 2 aromatic rings. The summed E-state index contributed by atoms with van der Waals surface area (Å²) in [7, 11) is 0. The fourth-order valence-corrected chi connectivity index (χ4v) is 5.52. The normalized spacial score (nSPS) is 25.5. The molecule has 2 atom stereocenters. The van der Waals surface area contributed by atoms with Gasteiger partial charge in [0.25, 0.3) is 5.91 Å². The smallest absolute Gasteiger partial charge is 0.254 e. The van der Waals surface area contributed by atoms with Crippen molar-refractivity contribution in [2.75, 3.05) is 18.0 Å². The summed E-state index contributed by atoms with van der Waals surface area (Å²) in [5.74, 6) is -0.423. The van der Waals surface area contributed by atoms with Crippen LogP contribution in [0.1, 0.15) is 60.5 Å². The highest BCUT2D eigenvalue weighted by atomic mass is 19.1. The number of benzene rings is 2. The van der Waals surface area contributed by atoms with Crippen LogP contribution in [-0.4, -0.2) is 41.2 Å². The van der Waals surface area contributed by atoms with Gasteiger partial charge in [-0.25, -0.2) is 4.39 Å². The molecule has 2 aromatic carbocycles. The van der Waals surface area contributed by atoms with Crippen molar-refractivity contribution in [3.8, 4) is 0 Å². The Morgan fingerprint density at radius 2 is 1.81 bits per heavy atom. The molecule has 0 aliphatic carbocycles. The lowest BCUT2D eigenvalue weighted by molar-refractivity contribution is -0.120. The van der Waals surface area contributed by atoms with Gasteiger partial charge in [0.15, 0.2) is 0 Å². The zero-order valence-electron chi connectivity index (χ0n) is 17.9. The molecule has 32 heavy (non-hydrogen) atoms. The molecule has 3 saturated heterocycles. The number of amides is 3. The Labute approximate surface area is 186 Å². The summed E-state index contributed by atoms with van der Waals surface area (Å²) in [6.45, 7) is 1.21. The van der Waals surface area contributed by atoms with Crippen LogP contribution in [0.15, 0.2) is 48.5 Å². The van der Waals surface area contributed by atoms with Crippen molar-refractivity contribution in [1.29, 1.82) is 0 Å². The van der Waals surface area contributed by atoms with E-state index in [1.807, 2.05) is 11.0 Å². The van der Waals surface area contributed by atoms with E-state index < -0.39 is 5.54 Å². The fraction of sp³-hybridized carbons (Fsp3) is 0.400. The van der Waals surface area contributed by atoms with Gasteiger partial charge in [-0.3, -0.25) is 14.4 Å². The van der Waals surface area contributed by atoms with Gasteiger partial charge >= 0.3 is 0 Å². The van der Waals surface area contributed by atoms with Gasteiger partial charge in [-0.1, -0.05) is 18.2 Å². The van der Waals surface area contributed by atoms with Crippen LogP contribution in [0.25, 0.3) is 0 Å². The van der Waals surface area contributed by atoms with Gasteiger partial charge in [-0.2, -0.15) is 0 Å². The van der Waals surface area contributed by atoms with E-state index in [2.05, 4.69) is 5.32 Å². The maximum Gasteiger partial charge on any atom is 0.254 e. The molecule has 3 aliphatic rings. The largest absolute Gasteiger partial charge is 0.348 e. The third kappa shape index (κ3) is 3.55. The highest BCUT2D eigenvalue weighted by Gasteiger charge is 2.50. The summed E-state index contributed by atoms with van der Waals surface area (Å²) >= 11 is 0. The molecular weight excluding hydrogens is 409 g/mol. The van der Waals surface area contributed by atoms with Crippen LogP contribution in [0.5, 0.6) is 0 Å². The molecule has 166 valence electrons. The molecule has 3 heterocycles. The van der Waals surface area contributed by atoms with Crippen molar-refractivity contribution in [3.63, 3.8) is 0 Å². The monoisotopic (exact) mass is 435 g/mol. The van der Waals surface area contributed by atoms with Crippen LogP contribution in [-0.2, 0) is 9.59 Å². The first kappa shape index (κ1) is 20.7. The number of hydrogen-bond acceptors (Lipinski definition) is 3. The fourth-order valence-electron chi connectivity index (χ4n) is 5.52. The summed E-state index contributed by atoms with van der Waals surface area (Å²) in [5, 5.41) is 3.15. The van der Waals surface area contributed by atoms with Crippen molar-refractivity contribution in [1.82, 2.24) is 10.2 Å². The molecule has 1 spiro atoms. The number of likely N-dealkylation sites (tertiary alicyclic amines) is 1. The Kier molecular flexibility index (Phi) is 5.19. The molecule has 3 fully saturated rings. The van der Waals surface area contributed by atoms with Gasteiger partial charge in [-0.15, -0.1) is 0 Å². The molecule has 3 amide bonds. The topological polar surface area (TPSA) is 69.7 Å². The quantitative estimate of drug-likeness (QED) is 0.801. The van der Waals surface area contributed by atoms with Crippen LogP contribution in [0, 0.1) is 5.82 Å². The van der Waals surface area contributed by atoms with Gasteiger partial charge in [0, 0.05) is 37.2 Å². The van der Waals surface area contributed by atoms with Crippen LogP contribution < -0.4 is 10.2 Å². The Hall–Kier alpha value is -3.22. The summed E-state index contributed by atoms with van der Waals surface area (Å²) in [5.41, 5.74) is 1.51. The maximum absolute atomic E-state index is 13.8. The second-order valence-corrected chi connectivity index (χ2v) is 8.96. The van der Waals surface area contributed by atoms with Crippen LogP contribution in [0.2, 0.25) is 0 Å². The second kappa shape index (κ2) is 8.04. The van der Waals surface area contributed by atoms with E-state index in [-0.39, 0.29) is 29.6 Å². The Morgan fingerprint density at radius 3 is 2.50 bits per heavy atom. The van der Waals surface area contributed by atoms with Crippen LogP contribution in [0.4, 0.5) is 10.1 Å². The van der Waals surface area contributed by atoms with E-state index in [4.69, 9.17) is 0 Å². The van der Waals surface area contributed by atoms with E-state index in [0.29, 0.717) is 37.9 Å². The van der Waals surface area contributed by atoms with Crippen molar-refractivity contribution >= 4 is 23.4 Å². The lowest BCUT2D eigenvalue weighted by atomic mass is 9.76. The zero-order chi connectivity index (χ0) is 22.3. The molecule has 3 aliphatic heterocycles. The third-order valence-corrected chi connectivity index (χ3v) is 6.97. The van der Waals surface area contributed by atoms with Gasteiger partial charge in [-0.05, 0) is 61.6 Å². The van der Waals surface area contributed by atoms with Crippen molar-refractivity contribution in [3.05, 3.63) is 65.5 Å². The van der Waals surface area contributed by atoms with E-state index in [9.17, 15) is 18.8 Å². The highest BCUT2D eigenvalue weighted by Crippen LogP contribution is 2.45. The van der Waals surface area contributed by atoms with E-state index in [0.717, 1.165) is 30.5 Å². The van der Waals surface area contributed by atoms with Crippen LogP contribution in [0.3, 0.4) is 0 Å². The number of carbonyl (C=O) groups is 3. The molecule has 0 radical (unpaired) electrons. The average molecular weight is 435 g/mol. The zero-order valence-corrected chi connectivity index (χ0v) is 17.9. The number of anilines is 1. The summed E-state index contributed by atoms with van der Waals surface area (Å²) < 4.78 is 13.6. The number of hydrogen-bond donors (Lipinski definition) is 1. The first-order valence-corrected chi connectivity index (χ1v) is 11.2. The van der Waals surface area contributed by atoms with Crippen molar-refractivity contribution < 1.29 is 18.8 Å². The molecule has 0 bridgehead atoms. The number of piperidine rings is 1. The van der Waals surface area contributed by atoms with Crippen molar-refractivity contribution in [2.24, 2.45) is 0 Å². The van der Waals surface area contributed by atoms with E-state index >= 15 is 0 Å². The summed E-state index contributed by atoms with van der Waals surface area (Å²) in [6, 6.07) is 13.0. The second-order valence-electron chi connectivity index (χ2n) is 8.96. The molecule has 1 N–H and O–H groups in total. The minimum Gasteiger partial charge on any atom is -0.348 e. The van der Waals surface area contributed by atoms with Gasteiger partial charge in [0.2, 0.25) is 11.8 Å². The number of nitrogens with zero attached hydrogens (tertiary/aromatic N) is 2. The lowest BCUT2D eigenvalue weighted by Crippen LogP contribution is -2.58. The molecule has 0 saturated carbocycles. The predicted octanol–water partition coefficient (Wildman–Crippen LogP) is 3.58. The van der Waals surface area contributed by atoms with Gasteiger partial charge in [0.1, 0.15) is 5.82 Å². The Bertz CT molecular complexity index is 1070. The summed E-state index contributed by atoms with van der Waals surface area (Å²) in [6.07, 6.45) is 3.95. The number of halogens is 1.